The zero-order valence-electron chi connectivity index (χ0n) is 13.2. The first-order valence-electron chi connectivity index (χ1n) is 5.29. The Kier molecular flexibility index (Phi) is 33.9. The molecule has 0 N–H and O–H groups in total. The largest absolute Gasteiger partial charge is 0.358 e. The van der Waals surface area contributed by atoms with E-state index in [2.05, 4.69) is 57.1 Å². The van der Waals surface area contributed by atoms with Crippen LogP contribution in [0.15, 0.2) is 18.2 Å². The third-order valence-electron chi connectivity index (χ3n) is 1.45. The third kappa shape index (κ3) is 38.2. The zero-order chi connectivity index (χ0) is 11.2. The van der Waals surface area contributed by atoms with Gasteiger partial charge < -0.3 is 13.1 Å². The van der Waals surface area contributed by atoms with Crippen LogP contribution in [0.1, 0.15) is 6.42 Å². The Morgan fingerprint density at radius 1 is 0.895 bits per heavy atom. The predicted octanol–water partition coefficient (Wildman–Crippen LogP) is 5.96. The summed E-state index contributed by atoms with van der Waals surface area (Å²) in [4.78, 5) is 0. The van der Waals surface area contributed by atoms with E-state index in [1.54, 1.807) is 0 Å². The van der Waals surface area contributed by atoms with Crippen molar-refractivity contribution in [3.05, 3.63) is 37.4 Å². The van der Waals surface area contributed by atoms with Gasteiger partial charge in [-0.15, -0.1) is 59.8 Å². The van der Waals surface area contributed by atoms with Gasteiger partial charge in [0.1, 0.15) is 0 Å². The van der Waals surface area contributed by atoms with E-state index in [-0.39, 0.29) is 63.2 Å². The summed E-state index contributed by atoms with van der Waals surface area (Å²) in [5.41, 5.74) is 2.65. The maximum atomic E-state index is 2.99. The molecule has 0 amide bonds. The van der Waals surface area contributed by atoms with E-state index in [0.29, 0.717) is 0 Å². The van der Waals surface area contributed by atoms with Gasteiger partial charge in [0.05, 0.1) is 0 Å². The molecule has 0 atom stereocenters. The summed E-state index contributed by atoms with van der Waals surface area (Å²) in [5, 5.41) is 0. The first-order chi connectivity index (χ1) is 6.21. The molecule has 0 saturated heterocycles. The summed E-state index contributed by atoms with van der Waals surface area (Å²) in [6, 6.07) is 0. The molecule has 0 spiro atoms. The molecule has 1 aliphatic rings. The van der Waals surface area contributed by atoms with E-state index in [1.165, 1.54) is 0 Å². The maximum absolute atomic E-state index is 2.99. The second-order valence-electron chi connectivity index (χ2n) is 5.88. The van der Waals surface area contributed by atoms with Crippen molar-refractivity contribution in [3.63, 3.8) is 0 Å². The van der Waals surface area contributed by atoms with Crippen LogP contribution in [0.2, 0.25) is 39.3 Å². The van der Waals surface area contributed by atoms with E-state index in [9.17, 15) is 0 Å². The smallest absolute Gasteiger partial charge is 0 e. The van der Waals surface area contributed by atoms with Crippen molar-refractivity contribution in [2.75, 3.05) is 0 Å². The number of hydrogen-bond donors (Lipinski definition) is 0. The fraction of sp³-hybridized carbons (Fsp3) is 0.538. The van der Waals surface area contributed by atoms with E-state index < -0.39 is 16.1 Å². The molecule has 0 bridgehead atoms. The van der Waals surface area contributed by atoms with Gasteiger partial charge >= 0.3 is 0 Å². The van der Waals surface area contributed by atoms with Crippen molar-refractivity contribution in [1.82, 2.24) is 0 Å². The van der Waals surface area contributed by atoms with Crippen LogP contribution in [0.4, 0.5) is 0 Å². The molecule has 0 saturated carbocycles. The van der Waals surface area contributed by atoms with Gasteiger partial charge in [-0.05, 0) is 0 Å². The molecular weight excluding hydrogens is 370 g/mol. The molecule has 1 radical (unpaired) electrons. The summed E-state index contributed by atoms with van der Waals surface area (Å²) < 4.78 is 0. The van der Waals surface area contributed by atoms with Crippen LogP contribution in [0.3, 0.4) is 0 Å². The van der Waals surface area contributed by atoms with Crippen molar-refractivity contribution >= 4 is 53.4 Å². The third-order valence-corrected chi connectivity index (χ3v) is 8.38. The Morgan fingerprint density at radius 3 is 1.32 bits per heavy atom. The van der Waals surface area contributed by atoms with Gasteiger partial charge in [0.15, 0.2) is 0 Å². The molecule has 19 heavy (non-hydrogen) atoms. The summed E-state index contributed by atoms with van der Waals surface area (Å²) >= 11 is 0. The molecule has 0 aromatic carbocycles. The molecule has 0 unspecified atom stereocenters. The van der Waals surface area contributed by atoms with Crippen LogP contribution in [0.25, 0.3) is 0 Å². The standard InChI is InChI=1S/C7H19Si2.C5H5.CH3.3ClH.V/c1-8(2,3)7-9(4,5)6;1-2-4-5-3-1;;;;;/h7H,1-6H3;1-3H,4H2;1H3;3*1H;/q3*-1;;;;. The molecule has 0 aromatic heterocycles. The number of rotatable bonds is 2. The average molecular weight is 400 g/mol. The first kappa shape index (κ1) is 37.0. The van der Waals surface area contributed by atoms with Gasteiger partial charge in [0, 0.05) is 18.6 Å². The van der Waals surface area contributed by atoms with Crippen LogP contribution in [0, 0.1) is 19.2 Å². The minimum absolute atomic E-state index is 0. The van der Waals surface area contributed by atoms with Crippen LogP contribution in [-0.2, 0) is 18.6 Å². The molecule has 6 heteroatoms. The van der Waals surface area contributed by atoms with E-state index in [4.69, 9.17) is 0 Å². The van der Waals surface area contributed by atoms with E-state index >= 15 is 0 Å². The molecule has 1 aliphatic carbocycles. The molecule has 0 fully saturated rings. The fourth-order valence-corrected chi connectivity index (χ4v) is 12.0. The summed E-state index contributed by atoms with van der Waals surface area (Å²) in [7, 11) is -1.71. The van der Waals surface area contributed by atoms with Crippen molar-refractivity contribution in [1.29, 1.82) is 0 Å². The van der Waals surface area contributed by atoms with Gasteiger partial charge in [-0.1, -0.05) is 39.3 Å². The minimum atomic E-state index is -0.856. The molecule has 0 aliphatic heterocycles. The van der Waals surface area contributed by atoms with Gasteiger partial charge in [-0.3, -0.25) is 6.08 Å². The molecular formula is C13H30Cl3Si2V-3. The van der Waals surface area contributed by atoms with Gasteiger partial charge in [0.2, 0.25) is 0 Å². The molecule has 0 aromatic rings. The Bertz CT molecular complexity index is 197. The SMILES string of the molecule is C[Si](C)(C)[CH-][Si](C)(C)C.Cl.Cl.Cl.[C-]1=CC=CC1.[CH3-].[V]. The topological polar surface area (TPSA) is 0 Å². The van der Waals surface area contributed by atoms with E-state index in [0.717, 1.165) is 6.42 Å². The van der Waals surface area contributed by atoms with Gasteiger partial charge in [-0.2, -0.15) is 6.08 Å². The van der Waals surface area contributed by atoms with Crippen LogP contribution in [-0.4, -0.2) is 16.1 Å². The van der Waals surface area contributed by atoms with Gasteiger partial charge in [0.25, 0.3) is 0 Å². The average Bonchev–Trinajstić information content (AvgIpc) is 2.29. The van der Waals surface area contributed by atoms with Crippen molar-refractivity contribution < 1.29 is 18.6 Å². The van der Waals surface area contributed by atoms with Crippen LogP contribution >= 0.6 is 37.2 Å². The number of allylic oxidation sites excluding steroid dienone is 4. The summed E-state index contributed by atoms with van der Waals surface area (Å²) in [6.45, 7) is 14.4. The minimum Gasteiger partial charge on any atom is -0.358 e. The zero-order valence-corrected chi connectivity index (χ0v) is 19.0. The molecule has 119 valence electrons. The molecule has 0 nitrogen and oxygen atoms in total. The second-order valence-corrected chi connectivity index (χ2v) is 16.5. The second kappa shape index (κ2) is 17.4. The summed E-state index contributed by atoms with van der Waals surface area (Å²) in [6.07, 6.45) is 10.0. The Morgan fingerprint density at radius 2 is 1.26 bits per heavy atom. The fourth-order valence-electron chi connectivity index (χ4n) is 1.64. The Labute approximate surface area is 154 Å². The van der Waals surface area contributed by atoms with Crippen LogP contribution < -0.4 is 0 Å². The first-order valence-corrected chi connectivity index (χ1v) is 12.4. The van der Waals surface area contributed by atoms with E-state index in [1.807, 2.05) is 12.2 Å². The summed E-state index contributed by atoms with van der Waals surface area (Å²) in [5.74, 6) is 0. The van der Waals surface area contributed by atoms with Crippen LogP contribution in [0.5, 0.6) is 0 Å². The normalized spacial score (nSPS) is 11.3. The predicted molar refractivity (Wildman–Crippen MR) is 101 cm³/mol. The quantitative estimate of drug-likeness (QED) is 0.396. The molecule has 1 rings (SSSR count). The maximum Gasteiger partial charge on any atom is 0 e. The van der Waals surface area contributed by atoms with Crippen molar-refractivity contribution in [2.45, 2.75) is 45.7 Å². The van der Waals surface area contributed by atoms with Crippen molar-refractivity contribution in [3.8, 4) is 0 Å². The number of hydrogen-bond acceptors (Lipinski definition) is 0. The van der Waals surface area contributed by atoms with Crippen molar-refractivity contribution in [2.24, 2.45) is 0 Å². The number of halogens is 3. The Hall–Kier alpha value is 1.37. The monoisotopic (exact) mass is 398 g/mol. The van der Waals surface area contributed by atoms with Gasteiger partial charge in [-0.25, -0.2) is 12.2 Å². The molecule has 0 heterocycles. The Balaban J connectivity index is -0.0000000376.